The molecule has 1 N–H and O–H groups in total. The molecule has 1 fully saturated rings. The lowest BCUT2D eigenvalue weighted by Crippen LogP contribution is -2.35. The molecule has 18 heavy (non-hydrogen) atoms. The molecule has 0 bridgehead atoms. The number of halogens is 1. The first kappa shape index (κ1) is 14.0. The van der Waals surface area contributed by atoms with E-state index in [1.54, 1.807) is 0 Å². The quantitative estimate of drug-likeness (QED) is 0.898. The molecule has 0 amide bonds. The van der Waals surface area contributed by atoms with E-state index in [9.17, 15) is 0 Å². The van der Waals surface area contributed by atoms with Crippen molar-refractivity contribution in [1.82, 2.24) is 10.2 Å². The molecule has 0 spiro atoms. The van der Waals surface area contributed by atoms with Gasteiger partial charge in [-0.2, -0.15) is 0 Å². The third kappa shape index (κ3) is 4.38. The molecule has 0 saturated carbocycles. The van der Waals surface area contributed by atoms with Crippen molar-refractivity contribution in [3.63, 3.8) is 0 Å². The molecule has 0 aromatic heterocycles. The normalized spacial score (nSPS) is 17.3. The van der Waals surface area contributed by atoms with Crippen LogP contribution >= 0.6 is 15.9 Å². The van der Waals surface area contributed by atoms with E-state index in [-0.39, 0.29) is 0 Å². The fourth-order valence-corrected chi connectivity index (χ4v) is 2.85. The Hall–Kier alpha value is -0.380. The standard InChI is InChI=1S/C15H23BrN2/c1-2-18(12-14-7-9-17-10-8-14)11-13-3-5-15(16)6-4-13/h3-6,14,17H,2,7-12H2,1H3. The van der Waals surface area contributed by atoms with Crippen molar-refractivity contribution in [2.75, 3.05) is 26.2 Å². The topological polar surface area (TPSA) is 15.3 Å². The number of nitrogens with zero attached hydrogens (tertiary/aromatic N) is 1. The van der Waals surface area contributed by atoms with Crippen molar-refractivity contribution in [3.8, 4) is 0 Å². The molecule has 0 aliphatic carbocycles. The van der Waals surface area contributed by atoms with Gasteiger partial charge in [-0.15, -0.1) is 0 Å². The molecule has 1 aromatic rings. The van der Waals surface area contributed by atoms with Crippen LogP contribution in [-0.4, -0.2) is 31.1 Å². The van der Waals surface area contributed by atoms with Crippen LogP contribution in [-0.2, 0) is 6.54 Å². The van der Waals surface area contributed by atoms with Crippen molar-refractivity contribution < 1.29 is 0 Å². The Labute approximate surface area is 119 Å². The Morgan fingerprint density at radius 1 is 1.22 bits per heavy atom. The highest BCUT2D eigenvalue weighted by molar-refractivity contribution is 9.10. The van der Waals surface area contributed by atoms with Gasteiger partial charge >= 0.3 is 0 Å². The Morgan fingerprint density at radius 2 is 1.89 bits per heavy atom. The second-order valence-corrected chi connectivity index (χ2v) is 6.06. The maximum atomic E-state index is 3.49. The van der Waals surface area contributed by atoms with Crippen LogP contribution in [0.15, 0.2) is 28.7 Å². The highest BCUT2D eigenvalue weighted by atomic mass is 79.9. The molecule has 2 nitrogen and oxygen atoms in total. The van der Waals surface area contributed by atoms with Gasteiger partial charge in [-0.05, 0) is 56.1 Å². The molecule has 1 heterocycles. The SMILES string of the molecule is CCN(Cc1ccc(Br)cc1)CC1CCNCC1. The summed E-state index contributed by atoms with van der Waals surface area (Å²) in [5.41, 5.74) is 1.41. The molecule has 0 radical (unpaired) electrons. The van der Waals surface area contributed by atoms with Crippen LogP contribution < -0.4 is 5.32 Å². The zero-order valence-electron chi connectivity index (χ0n) is 11.2. The predicted octanol–water partition coefficient (Wildman–Crippen LogP) is 3.27. The monoisotopic (exact) mass is 310 g/mol. The zero-order chi connectivity index (χ0) is 12.8. The Bertz CT molecular complexity index is 344. The van der Waals surface area contributed by atoms with Crippen LogP contribution in [0.4, 0.5) is 0 Å². The molecule has 1 saturated heterocycles. The van der Waals surface area contributed by atoms with E-state index in [1.165, 1.54) is 38.0 Å². The number of nitrogens with one attached hydrogen (secondary N) is 1. The largest absolute Gasteiger partial charge is 0.317 e. The van der Waals surface area contributed by atoms with Crippen LogP contribution in [0.5, 0.6) is 0 Å². The van der Waals surface area contributed by atoms with Gasteiger partial charge in [-0.1, -0.05) is 35.0 Å². The first-order chi connectivity index (χ1) is 8.78. The van der Waals surface area contributed by atoms with E-state index in [1.807, 2.05) is 0 Å². The summed E-state index contributed by atoms with van der Waals surface area (Å²) in [5, 5.41) is 3.44. The molecule has 2 rings (SSSR count). The molecule has 1 aliphatic rings. The third-order valence-corrected chi connectivity index (χ3v) is 4.27. The van der Waals surface area contributed by atoms with Gasteiger partial charge in [0, 0.05) is 17.6 Å². The number of hydrogen-bond donors (Lipinski definition) is 1. The predicted molar refractivity (Wildman–Crippen MR) is 80.7 cm³/mol. The van der Waals surface area contributed by atoms with Crippen LogP contribution in [0.2, 0.25) is 0 Å². The van der Waals surface area contributed by atoms with Crippen molar-refractivity contribution >= 4 is 15.9 Å². The van der Waals surface area contributed by atoms with Crippen LogP contribution in [0.25, 0.3) is 0 Å². The number of rotatable bonds is 5. The van der Waals surface area contributed by atoms with Gasteiger partial charge in [0.15, 0.2) is 0 Å². The lowest BCUT2D eigenvalue weighted by Gasteiger charge is -2.29. The van der Waals surface area contributed by atoms with E-state index in [2.05, 4.69) is 57.3 Å². The molecule has 3 heteroatoms. The summed E-state index contributed by atoms with van der Waals surface area (Å²) in [6.07, 6.45) is 2.66. The highest BCUT2D eigenvalue weighted by Crippen LogP contribution is 2.16. The summed E-state index contributed by atoms with van der Waals surface area (Å²) in [7, 11) is 0. The Morgan fingerprint density at radius 3 is 2.50 bits per heavy atom. The fraction of sp³-hybridized carbons (Fsp3) is 0.600. The fourth-order valence-electron chi connectivity index (χ4n) is 2.58. The zero-order valence-corrected chi connectivity index (χ0v) is 12.7. The lowest BCUT2D eigenvalue weighted by atomic mass is 9.97. The van der Waals surface area contributed by atoms with Gasteiger partial charge in [0.2, 0.25) is 0 Å². The third-order valence-electron chi connectivity index (χ3n) is 3.74. The maximum absolute atomic E-state index is 3.49. The van der Waals surface area contributed by atoms with Crippen molar-refractivity contribution in [3.05, 3.63) is 34.3 Å². The van der Waals surface area contributed by atoms with E-state index in [0.717, 1.165) is 23.5 Å². The van der Waals surface area contributed by atoms with Crippen molar-refractivity contribution in [1.29, 1.82) is 0 Å². The first-order valence-electron chi connectivity index (χ1n) is 6.95. The second-order valence-electron chi connectivity index (χ2n) is 5.15. The minimum atomic E-state index is 0.877. The molecule has 1 aliphatic heterocycles. The summed E-state index contributed by atoms with van der Waals surface area (Å²) in [6, 6.07) is 8.70. The number of piperidine rings is 1. The Balaban J connectivity index is 1.86. The second kappa shape index (κ2) is 7.27. The number of hydrogen-bond acceptors (Lipinski definition) is 2. The Kier molecular flexibility index (Phi) is 5.67. The maximum Gasteiger partial charge on any atom is 0.0233 e. The lowest BCUT2D eigenvalue weighted by molar-refractivity contribution is 0.207. The van der Waals surface area contributed by atoms with Gasteiger partial charge < -0.3 is 5.32 Å². The molecule has 0 unspecified atom stereocenters. The first-order valence-corrected chi connectivity index (χ1v) is 7.74. The molecular weight excluding hydrogens is 288 g/mol. The summed E-state index contributed by atoms with van der Waals surface area (Å²) in [6.45, 7) is 8.11. The molecular formula is C15H23BrN2. The number of benzene rings is 1. The minimum absolute atomic E-state index is 0.877. The van der Waals surface area contributed by atoms with Crippen LogP contribution in [0.1, 0.15) is 25.3 Å². The van der Waals surface area contributed by atoms with E-state index in [0.29, 0.717) is 0 Å². The van der Waals surface area contributed by atoms with Gasteiger partial charge in [-0.3, -0.25) is 4.90 Å². The van der Waals surface area contributed by atoms with Gasteiger partial charge in [0.1, 0.15) is 0 Å². The van der Waals surface area contributed by atoms with Crippen LogP contribution in [0.3, 0.4) is 0 Å². The average molecular weight is 311 g/mol. The molecule has 1 aromatic carbocycles. The smallest absolute Gasteiger partial charge is 0.0233 e. The summed E-state index contributed by atoms with van der Waals surface area (Å²) in [5.74, 6) is 0.877. The molecule has 100 valence electrons. The minimum Gasteiger partial charge on any atom is -0.317 e. The van der Waals surface area contributed by atoms with E-state index in [4.69, 9.17) is 0 Å². The van der Waals surface area contributed by atoms with Gasteiger partial charge in [-0.25, -0.2) is 0 Å². The van der Waals surface area contributed by atoms with Gasteiger partial charge in [0.25, 0.3) is 0 Å². The molecule has 0 atom stereocenters. The van der Waals surface area contributed by atoms with Gasteiger partial charge in [0.05, 0.1) is 0 Å². The summed E-state index contributed by atoms with van der Waals surface area (Å²) >= 11 is 3.49. The van der Waals surface area contributed by atoms with Crippen molar-refractivity contribution in [2.24, 2.45) is 5.92 Å². The highest BCUT2D eigenvalue weighted by Gasteiger charge is 2.16. The van der Waals surface area contributed by atoms with E-state index < -0.39 is 0 Å². The van der Waals surface area contributed by atoms with Crippen LogP contribution in [0, 0.1) is 5.92 Å². The van der Waals surface area contributed by atoms with E-state index >= 15 is 0 Å². The van der Waals surface area contributed by atoms with Crippen molar-refractivity contribution in [2.45, 2.75) is 26.3 Å². The average Bonchev–Trinajstić information content (AvgIpc) is 2.41. The summed E-state index contributed by atoms with van der Waals surface area (Å²) in [4.78, 5) is 2.57. The summed E-state index contributed by atoms with van der Waals surface area (Å²) < 4.78 is 1.16.